The summed E-state index contributed by atoms with van der Waals surface area (Å²) in [5, 5.41) is 3.10. The van der Waals surface area contributed by atoms with Crippen molar-refractivity contribution < 1.29 is 4.74 Å². The van der Waals surface area contributed by atoms with Gasteiger partial charge < -0.3 is 15.0 Å². The number of thiazole rings is 1. The minimum atomic E-state index is 0.100. The monoisotopic (exact) mass is 302 g/mol. The normalized spacial score (nSPS) is 11.4. The fraction of sp³-hybridized carbons (Fsp3) is 0.333. The molecule has 0 aliphatic carbocycles. The SMILES string of the molecule is Cc1nc(Cn2c(N)nc3c(OC(C)C)cccc32)cs1. The molecule has 0 amide bonds. The molecular weight excluding hydrogens is 284 g/mol. The lowest BCUT2D eigenvalue weighted by molar-refractivity contribution is 0.245. The zero-order valence-corrected chi connectivity index (χ0v) is 13.1. The third kappa shape index (κ3) is 2.71. The Morgan fingerprint density at radius 3 is 2.81 bits per heavy atom. The smallest absolute Gasteiger partial charge is 0.201 e. The molecule has 2 heterocycles. The van der Waals surface area contributed by atoms with Crippen LogP contribution in [-0.4, -0.2) is 20.6 Å². The fourth-order valence-electron chi connectivity index (χ4n) is 2.30. The maximum Gasteiger partial charge on any atom is 0.201 e. The third-order valence-corrected chi connectivity index (χ3v) is 3.94. The zero-order valence-electron chi connectivity index (χ0n) is 12.3. The van der Waals surface area contributed by atoms with Gasteiger partial charge in [0.1, 0.15) is 11.3 Å². The summed E-state index contributed by atoms with van der Waals surface area (Å²) in [6.45, 7) is 6.62. The van der Waals surface area contributed by atoms with Crippen LogP contribution in [0.15, 0.2) is 23.6 Å². The molecule has 110 valence electrons. The Bertz CT molecular complexity index is 775. The van der Waals surface area contributed by atoms with Gasteiger partial charge in [0.05, 0.1) is 28.9 Å². The van der Waals surface area contributed by atoms with Gasteiger partial charge in [0.2, 0.25) is 5.95 Å². The van der Waals surface area contributed by atoms with Gasteiger partial charge in [-0.15, -0.1) is 11.3 Å². The highest BCUT2D eigenvalue weighted by molar-refractivity contribution is 7.09. The van der Waals surface area contributed by atoms with E-state index in [1.54, 1.807) is 11.3 Å². The molecule has 0 bridgehead atoms. The number of aromatic nitrogens is 3. The van der Waals surface area contributed by atoms with Gasteiger partial charge in [-0.3, -0.25) is 0 Å². The highest BCUT2D eigenvalue weighted by Crippen LogP contribution is 2.28. The number of para-hydroxylation sites is 1. The third-order valence-electron chi connectivity index (χ3n) is 3.12. The number of anilines is 1. The lowest BCUT2D eigenvalue weighted by Crippen LogP contribution is -2.06. The fourth-order valence-corrected chi connectivity index (χ4v) is 2.90. The number of ether oxygens (including phenoxy) is 1. The summed E-state index contributed by atoms with van der Waals surface area (Å²) in [6, 6.07) is 5.89. The van der Waals surface area contributed by atoms with Crippen LogP contribution < -0.4 is 10.5 Å². The number of hydrogen-bond acceptors (Lipinski definition) is 5. The Hall–Kier alpha value is -2.08. The van der Waals surface area contributed by atoms with E-state index in [1.165, 1.54) is 0 Å². The molecule has 0 spiro atoms. The molecule has 0 atom stereocenters. The van der Waals surface area contributed by atoms with Crippen LogP contribution in [0.5, 0.6) is 5.75 Å². The Balaban J connectivity index is 2.05. The van der Waals surface area contributed by atoms with Gasteiger partial charge in [-0.2, -0.15) is 0 Å². The average molecular weight is 302 g/mol. The van der Waals surface area contributed by atoms with E-state index < -0.39 is 0 Å². The second-order valence-electron chi connectivity index (χ2n) is 5.20. The number of nitrogens with two attached hydrogens (primary N) is 1. The van der Waals surface area contributed by atoms with Gasteiger partial charge in [0.25, 0.3) is 0 Å². The Labute approximate surface area is 127 Å². The molecule has 0 radical (unpaired) electrons. The first-order valence-corrected chi connectivity index (χ1v) is 7.75. The zero-order chi connectivity index (χ0) is 15.0. The van der Waals surface area contributed by atoms with E-state index in [2.05, 4.69) is 15.3 Å². The van der Waals surface area contributed by atoms with Crippen LogP contribution in [0.2, 0.25) is 0 Å². The van der Waals surface area contributed by atoms with E-state index in [0.29, 0.717) is 12.5 Å². The molecule has 5 nitrogen and oxygen atoms in total. The lowest BCUT2D eigenvalue weighted by Gasteiger charge is -2.10. The van der Waals surface area contributed by atoms with E-state index in [1.807, 2.05) is 43.5 Å². The Kier molecular flexibility index (Phi) is 3.55. The van der Waals surface area contributed by atoms with E-state index in [0.717, 1.165) is 27.5 Å². The molecule has 2 N–H and O–H groups in total. The summed E-state index contributed by atoms with van der Waals surface area (Å²) in [5.74, 6) is 1.25. The van der Waals surface area contributed by atoms with Gasteiger partial charge in [-0.1, -0.05) is 6.07 Å². The van der Waals surface area contributed by atoms with Crippen molar-refractivity contribution in [2.24, 2.45) is 0 Å². The maximum atomic E-state index is 6.08. The molecular formula is C15H18N4OS. The van der Waals surface area contributed by atoms with Crippen LogP contribution in [0.3, 0.4) is 0 Å². The first-order valence-electron chi connectivity index (χ1n) is 6.87. The number of aryl methyl sites for hydroxylation is 1. The van der Waals surface area contributed by atoms with Crippen molar-refractivity contribution >= 4 is 28.3 Å². The van der Waals surface area contributed by atoms with Crippen molar-refractivity contribution in [1.82, 2.24) is 14.5 Å². The lowest BCUT2D eigenvalue weighted by atomic mass is 10.3. The van der Waals surface area contributed by atoms with Crippen molar-refractivity contribution in [3.05, 3.63) is 34.3 Å². The number of imidazole rings is 1. The van der Waals surface area contributed by atoms with Gasteiger partial charge in [0.15, 0.2) is 0 Å². The first-order chi connectivity index (χ1) is 10.0. The average Bonchev–Trinajstić information content (AvgIpc) is 2.96. The van der Waals surface area contributed by atoms with Crippen LogP contribution >= 0.6 is 11.3 Å². The molecule has 1 aromatic carbocycles. The number of hydrogen-bond donors (Lipinski definition) is 1. The summed E-state index contributed by atoms with van der Waals surface area (Å²) >= 11 is 1.64. The van der Waals surface area contributed by atoms with Crippen LogP contribution in [0.25, 0.3) is 11.0 Å². The molecule has 0 unspecified atom stereocenters. The highest BCUT2D eigenvalue weighted by Gasteiger charge is 2.14. The topological polar surface area (TPSA) is 66.0 Å². The number of nitrogen functional groups attached to an aromatic ring is 1. The quantitative estimate of drug-likeness (QED) is 0.803. The minimum absolute atomic E-state index is 0.100. The summed E-state index contributed by atoms with van der Waals surface area (Å²) in [5.41, 5.74) is 8.85. The summed E-state index contributed by atoms with van der Waals surface area (Å²) in [4.78, 5) is 8.95. The van der Waals surface area contributed by atoms with Gasteiger partial charge in [-0.05, 0) is 32.9 Å². The Morgan fingerprint density at radius 1 is 1.33 bits per heavy atom. The standard InChI is InChI=1S/C15H18N4OS/c1-9(2)20-13-6-4-5-12-14(13)18-15(16)19(12)7-11-8-21-10(3)17-11/h4-6,8-9H,7H2,1-3H3,(H2,16,18). The molecule has 0 aliphatic heterocycles. The van der Waals surface area contributed by atoms with Crippen LogP contribution in [0, 0.1) is 6.92 Å². The number of benzene rings is 1. The van der Waals surface area contributed by atoms with Crippen LogP contribution in [-0.2, 0) is 6.54 Å². The van der Waals surface area contributed by atoms with Gasteiger partial charge in [-0.25, -0.2) is 9.97 Å². The molecule has 3 aromatic rings. The van der Waals surface area contributed by atoms with Crippen LogP contribution in [0.1, 0.15) is 24.5 Å². The molecule has 6 heteroatoms. The van der Waals surface area contributed by atoms with Crippen molar-refractivity contribution in [3.8, 4) is 5.75 Å². The van der Waals surface area contributed by atoms with Crippen molar-refractivity contribution in [3.63, 3.8) is 0 Å². The number of fused-ring (bicyclic) bond motifs is 1. The molecule has 2 aromatic heterocycles. The van der Waals surface area contributed by atoms with Crippen molar-refractivity contribution in [1.29, 1.82) is 0 Å². The van der Waals surface area contributed by atoms with E-state index in [9.17, 15) is 0 Å². The summed E-state index contributed by atoms with van der Waals surface area (Å²) in [7, 11) is 0. The minimum Gasteiger partial charge on any atom is -0.489 e. The van der Waals surface area contributed by atoms with Crippen molar-refractivity contribution in [2.45, 2.75) is 33.4 Å². The summed E-state index contributed by atoms with van der Waals surface area (Å²) < 4.78 is 7.77. The maximum absolute atomic E-state index is 6.08. The van der Waals surface area contributed by atoms with E-state index >= 15 is 0 Å². The molecule has 0 saturated heterocycles. The first kappa shape index (κ1) is 13.9. The predicted molar refractivity (Wildman–Crippen MR) is 85.9 cm³/mol. The van der Waals surface area contributed by atoms with Crippen LogP contribution in [0.4, 0.5) is 5.95 Å². The van der Waals surface area contributed by atoms with Gasteiger partial charge >= 0.3 is 0 Å². The summed E-state index contributed by atoms with van der Waals surface area (Å²) in [6.07, 6.45) is 0.100. The predicted octanol–water partition coefficient (Wildman–Crippen LogP) is 3.22. The Morgan fingerprint density at radius 2 is 2.14 bits per heavy atom. The number of nitrogens with zero attached hydrogens (tertiary/aromatic N) is 3. The molecule has 3 rings (SSSR count). The van der Waals surface area contributed by atoms with E-state index in [4.69, 9.17) is 10.5 Å². The largest absolute Gasteiger partial charge is 0.489 e. The highest BCUT2D eigenvalue weighted by atomic mass is 32.1. The van der Waals surface area contributed by atoms with E-state index in [-0.39, 0.29) is 6.10 Å². The molecule has 0 fully saturated rings. The second kappa shape index (κ2) is 5.37. The number of rotatable bonds is 4. The molecule has 0 aliphatic rings. The molecule has 21 heavy (non-hydrogen) atoms. The van der Waals surface area contributed by atoms with Gasteiger partial charge in [0, 0.05) is 5.38 Å². The second-order valence-corrected chi connectivity index (χ2v) is 6.27. The molecule has 0 saturated carbocycles. The van der Waals surface area contributed by atoms with Crippen molar-refractivity contribution in [2.75, 3.05) is 5.73 Å².